The van der Waals surface area contributed by atoms with Crippen molar-refractivity contribution >= 4 is 23.2 Å². The Kier molecular flexibility index (Phi) is 5.81. The molecule has 3 aromatic heterocycles. The molecule has 0 bridgehead atoms. The Bertz CT molecular complexity index is 1310. The number of methoxy groups -OCH3 is 1. The van der Waals surface area contributed by atoms with Gasteiger partial charge in [0.05, 0.1) is 29.9 Å². The molecule has 1 fully saturated rings. The highest BCUT2D eigenvalue weighted by Gasteiger charge is 2.30. The molecule has 1 aliphatic rings. The summed E-state index contributed by atoms with van der Waals surface area (Å²) in [5.41, 5.74) is 3.00. The number of benzene rings is 1. The second kappa shape index (κ2) is 8.90. The number of oxazole rings is 1. The first kappa shape index (κ1) is 21.5. The van der Waals surface area contributed by atoms with Crippen molar-refractivity contribution in [3.8, 4) is 5.75 Å². The zero-order valence-electron chi connectivity index (χ0n) is 18.6. The molecule has 5 rings (SSSR count). The van der Waals surface area contributed by atoms with Crippen LogP contribution in [0.5, 0.6) is 5.75 Å². The highest BCUT2D eigenvalue weighted by Crippen LogP contribution is 2.30. The summed E-state index contributed by atoms with van der Waals surface area (Å²) in [6.45, 7) is 3.10. The van der Waals surface area contributed by atoms with Crippen LogP contribution in [0.2, 0.25) is 5.02 Å². The molecule has 1 aliphatic heterocycles. The van der Waals surface area contributed by atoms with Gasteiger partial charge in [-0.05, 0) is 38.0 Å². The topological polar surface area (TPSA) is 72.9 Å². The van der Waals surface area contributed by atoms with Crippen molar-refractivity contribution in [1.29, 1.82) is 0 Å². The van der Waals surface area contributed by atoms with Crippen LogP contribution >= 0.6 is 11.6 Å². The highest BCUT2D eigenvalue weighted by molar-refractivity contribution is 6.30. The summed E-state index contributed by atoms with van der Waals surface area (Å²) in [6.07, 6.45) is 5.94. The van der Waals surface area contributed by atoms with E-state index in [1.807, 2.05) is 42.2 Å². The van der Waals surface area contributed by atoms with E-state index >= 15 is 0 Å². The third kappa shape index (κ3) is 4.20. The number of para-hydroxylation sites is 1. The predicted molar refractivity (Wildman–Crippen MR) is 125 cm³/mol. The quantitative estimate of drug-likeness (QED) is 0.420. The van der Waals surface area contributed by atoms with E-state index in [9.17, 15) is 4.79 Å². The van der Waals surface area contributed by atoms with E-state index in [0.717, 1.165) is 29.9 Å². The Balaban J connectivity index is 1.34. The fourth-order valence-corrected chi connectivity index (χ4v) is 4.70. The van der Waals surface area contributed by atoms with Crippen molar-refractivity contribution in [3.63, 3.8) is 0 Å². The van der Waals surface area contributed by atoms with Gasteiger partial charge in [-0.1, -0.05) is 29.8 Å². The molecule has 1 atom stereocenters. The van der Waals surface area contributed by atoms with Gasteiger partial charge in [0.2, 0.25) is 0 Å². The summed E-state index contributed by atoms with van der Waals surface area (Å²) in [4.78, 5) is 24.4. The number of amides is 1. The number of aromatic nitrogens is 3. The number of carbonyl (C=O) groups excluding carboxylic acids is 1. The Labute approximate surface area is 197 Å². The number of aryl methyl sites for hydroxylation is 1. The first-order valence-corrected chi connectivity index (χ1v) is 11.4. The van der Waals surface area contributed by atoms with Gasteiger partial charge in [-0.15, -0.1) is 0 Å². The Morgan fingerprint density at radius 2 is 2.12 bits per heavy atom. The second-order valence-corrected chi connectivity index (χ2v) is 8.80. The lowest BCUT2D eigenvalue weighted by atomic mass is 9.97. The zero-order valence-corrected chi connectivity index (χ0v) is 19.4. The Morgan fingerprint density at radius 3 is 2.97 bits per heavy atom. The largest absolute Gasteiger partial charge is 0.496 e. The fraction of sp³-hybridized carbons (Fsp3) is 0.320. The van der Waals surface area contributed by atoms with Gasteiger partial charge in [-0.25, -0.2) is 9.97 Å². The van der Waals surface area contributed by atoms with Crippen LogP contribution in [-0.2, 0) is 6.42 Å². The number of imidazole rings is 1. The van der Waals surface area contributed by atoms with Crippen molar-refractivity contribution in [2.75, 3.05) is 20.2 Å². The van der Waals surface area contributed by atoms with Crippen LogP contribution in [0.25, 0.3) is 5.65 Å². The summed E-state index contributed by atoms with van der Waals surface area (Å²) >= 11 is 6.17. The highest BCUT2D eigenvalue weighted by atomic mass is 35.5. The maximum atomic E-state index is 13.5. The monoisotopic (exact) mass is 464 g/mol. The van der Waals surface area contributed by atoms with Crippen molar-refractivity contribution in [3.05, 3.63) is 82.4 Å². The molecular weight excluding hydrogens is 440 g/mol. The SMILES string of the molecule is COc1ccccc1Cc1cnc([C@@H]2CCCN(C(=O)c3c(C)nc4ccc(Cl)cn34)C2)o1. The summed E-state index contributed by atoms with van der Waals surface area (Å²) in [5, 5.41) is 0.563. The third-order valence-electron chi connectivity index (χ3n) is 6.15. The average Bonchev–Trinajstić information content (AvgIpc) is 3.42. The first-order valence-electron chi connectivity index (χ1n) is 11.0. The summed E-state index contributed by atoms with van der Waals surface area (Å²) in [5.74, 6) is 2.29. The van der Waals surface area contributed by atoms with Crippen molar-refractivity contribution in [2.24, 2.45) is 0 Å². The Morgan fingerprint density at radius 1 is 1.27 bits per heavy atom. The zero-order chi connectivity index (χ0) is 22.9. The molecule has 170 valence electrons. The molecule has 0 N–H and O–H groups in total. The molecule has 8 heteroatoms. The van der Waals surface area contributed by atoms with E-state index in [2.05, 4.69) is 9.97 Å². The lowest BCUT2D eigenvalue weighted by Gasteiger charge is -2.31. The maximum Gasteiger partial charge on any atom is 0.272 e. The number of ether oxygens (including phenoxy) is 1. The molecule has 4 heterocycles. The molecule has 0 saturated carbocycles. The smallest absolute Gasteiger partial charge is 0.272 e. The van der Waals surface area contributed by atoms with Gasteiger partial charge in [-0.3, -0.25) is 9.20 Å². The number of piperidine rings is 1. The van der Waals surface area contributed by atoms with E-state index in [4.69, 9.17) is 20.8 Å². The van der Waals surface area contributed by atoms with E-state index in [-0.39, 0.29) is 11.8 Å². The number of rotatable bonds is 5. The average molecular weight is 465 g/mol. The van der Waals surface area contributed by atoms with Crippen LogP contribution in [0.15, 0.2) is 53.2 Å². The van der Waals surface area contributed by atoms with E-state index in [1.54, 1.807) is 30.0 Å². The van der Waals surface area contributed by atoms with E-state index in [1.165, 1.54) is 0 Å². The Hall–Kier alpha value is -3.32. The van der Waals surface area contributed by atoms with Crippen molar-refractivity contribution in [1.82, 2.24) is 19.3 Å². The minimum atomic E-state index is -0.0484. The summed E-state index contributed by atoms with van der Waals surface area (Å²) in [6, 6.07) is 11.5. The molecule has 0 aliphatic carbocycles. The number of hydrogen-bond acceptors (Lipinski definition) is 5. The number of nitrogens with zero attached hydrogens (tertiary/aromatic N) is 4. The van der Waals surface area contributed by atoms with Gasteiger partial charge in [0.25, 0.3) is 5.91 Å². The number of halogens is 1. The minimum absolute atomic E-state index is 0.0484. The van der Waals surface area contributed by atoms with Crippen LogP contribution in [0.3, 0.4) is 0 Å². The van der Waals surface area contributed by atoms with Gasteiger partial charge in [-0.2, -0.15) is 0 Å². The van der Waals surface area contributed by atoms with Gasteiger partial charge in [0.15, 0.2) is 5.89 Å². The first-order chi connectivity index (χ1) is 16.0. The fourth-order valence-electron chi connectivity index (χ4n) is 4.54. The molecule has 1 amide bonds. The number of carbonyl (C=O) groups is 1. The summed E-state index contributed by atoms with van der Waals surface area (Å²) < 4.78 is 13.3. The molecule has 33 heavy (non-hydrogen) atoms. The van der Waals surface area contributed by atoms with E-state index in [0.29, 0.717) is 47.5 Å². The van der Waals surface area contributed by atoms with Gasteiger partial charge in [0, 0.05) is 31.3 Å². The second-order valence-electron chi connectivity index (χ2n) is 8.37. The van der Waals surface area contributed by atoms with E-state index < -0.39 is 0 Å². The van der Waals surface area contributed by atoms with Crippen molar-refractivity contribution < 1.29 is 13.9 Å². The van der Waals surface area contributed by atoms with Crippen LogP contribution in [0.1, 0.15) is 52.2 Å². The standard InChI is InChI=1S/C25H25ClN4O3/c1-16-23(30-15-19(26)9-10-22(30)28-16)25(31)29-11-5-7-18(14-29)24-27-13-20(33-24)12-17-6-3-4-8-21(17)32-2/h3-4,6,8-10,13,15,18H,5,7,11-12,14H2,1-2H3/t18-/m1/s1. The number of likely N-dealkylation sites (tertiary alicyclic amines) is 1. The molecular formula is C25H25ClN4O3. The molecule has 0 radical (unpaired) electrons. The molecule has 0 unspecified atom stereocenters. The lowest BCUT2D eigenvalue weighted by molar-refractivity contribution is 0.0690. The van der Waals surface area contributed by atoms with Crippen molar-refractivity contribution in [2.45, 2.75) is 32.1 Å². The third-order valence-corrected chi connectivity index (χ3v) is 6.37. The molecule has 0 spiro atoms. The van der Waals surface area contributed by atoms with Gasteiger partial charge < -0.3 is 14.1 Å². The van der Waals surface area contributed by atoms with Crippen LogP contribution < -0.4 is 4.74 Å². The molecule has 1 saturated heterocycles. The van der Waals surface area contributed by atoms with Gasteiger partial charge in [0.1, 0.15) is 22.9 Å². The maximum absolute atomic E-state index is 13.5. The number of fused-ring (bicyclic) bond motifs is 1. The van der Waals surface area contributed by atoms with Crippen LogP contribution in [-0.4, -0.2) is 45.4 Å². The minimum Gasteiger partial charge on any atom is -0.496 e. The molecule has 7 nitrogen and oxygen atoms in total. The molecule has 4 aromatic rings. The number of hydrogen-bond donors (Lipinski definition) is 0. The summed E-state index contributed by atoms with van der Waals surface area (Å²) in [7, 11) is 1.66. The lowest BCUT2D eigenvalue weighted by Crippen LogP contribution is -2.40. The predicted octanol–water partition coefficient (Wildman–Crippen LogP) is 4.90. The van der Waals surface area contributed by atoms with Gasteiger partial charge >= 0.3 is 0 Å². The normalized spacial score (nSPS) is 16.3. The number of pyridine rings is 1. The molecule has 1 aromatic carbocycles. The van der Waals surface area contributed by atoms with Crippen LogP contribution in [0.4, 0.5) is 0 Å². The van der Waals surface area contributed by atoms with Crippen LogP contribution in [0, 0.1) is 6.92 Å².